The number of oxime groups is 1. The molecule has 23 heavy (non-hydrogen) atoms. The van der Waals surface area contributed by atoms with Crippen LogP contribution in [0.3, 0.4) is 0 Å². The Hall–Kier alpha value is -1.47. The highest BCUT2D eigenvalue weighted by atomic mass is 16.8. The quantitative estimate of drug-likeness (QED) is 0.715. The smallest absolute Gasteiger partial charge is 0.271 e. The van der Waals surface area contributed by atoms with E-state index < -0.39 is 24.1 Å². The third kappa shape index (κ3) is 2.87. The van der Waals surface area contributed by atoms with E-state index in [-0.39, 0.29) is 18.4 Å². The Kier molecular flexibility index (Phi) is 3.96. The summed E-state index contributed by atoms with van der Waals surface area (Å²) in [4.78, 5) is 5.32. The van der Waals surface area contributed by atoms with Gasteiger partial charge >= 0.3 is 0 Å². The lowest BCUT2D eigenvalue weighted by molar-refractivity contribution is -0.328. The van der Waals surface area contributed by atoms with Gasteiger partial charge in [-0.2, -0.15) is 0 Å². The molecule has 2 aliphatic rings. The van der Waals surface area contributed by atoms with E-state index in [0.29, 0.717) is 5.71 Å². The van der Waals surface area contributed by atoms with Gasteiger partial charge in [0.05, 0.1) is 18.7 Å². The van der Waals surface area contributed by atoms with Crippen molar-refractivity contribution < 1.29 is 24.9 Å². The van der Waals surface area contributed by atoms with Crippen LogP contribution in [0.15, 0.2) is 29.4 Å². The van der Waals surface area contributed by atoms with E-state index in [4.69, 9.17) is 9.57 Å². The van der Waals surface area contributed by atoms with Crippen molar-refractivity contribution in [3.8, 4) is 0 Å². The molecule has 3 rings (SSSR count). The fraction of sp³-hybridized carbons (Fsp3) is 0.588. The first-order chi connectivity index (χ1) is 10.7. The highest BCUT2D eigenvalue weighted by Gasteiger charge is 2.55. The minimum Gasteiger partial charge on any atom is -0.388 e. The van der Waals surface area contributed by atoms with Crippen LogP contribution in [0.2, 0.25) is 0 Å². The monoisotopic (exact) mass is 321 g/mol. The van der Waals surface area contributed by atoms with E-state index >= 15 is 0 Å². The molecule has 0 amide bonds. The van der Waals surface area contributed by atoms with Crippen molar-refractivity contribution in [2.45, 2.75) is 56.7 Å². The van der Waals surface area contributed by atoms with Gasteiger partial charge in [0.1, 0.15) is 12.2 Å². The molecule has 0 bridgehead atoms. The first-order valence-electron chi connectivity index (χ1n) is 7.77. The zero-order valence-corrected chi connectivity index (χ0v) is 13.6. The van der Waals surface area contributed by atoms with Crippen LogP contribution < -0.4 is 0 Å². The van der Waals surface area contributed by atoms with Gasteiger partial charge in [-0.15, -0.1) is 0 Å². The van der Waals surface area contributed by atoms with E-state index in [9.17, 15) is 15.3 Å². The molecule has 4 atom stereocenters. The maximum Gasteiger partial charge on any atom is 0.271 e. The maximum absolute atomic E-state index is 10.2. The number of ether oxygens (including phenoxy) is 1. The topological polar surface area (TPSA) is 91.5 Å². The molecule has 1 aromatic carbocycles. The Balaban J connectivity index is 1.77. The van der Waals surface area contributed by atoms with Crippen LogP contribution in [0.25, 0.3) is 0 Å². The minimum absolute atomic E-state index is 0.0661. The highest BCUT2D eigenvalue weighted by Crippen LogP contribution is 2.36. The molecular weight excluding hydrogens is 298 g/mol. The summed E-state index contributed by atoms with van der Waals surface area (Å²) in [7, 11) is 0. The normalized spacial score (nSPS) is 34.3. The summed E-state index contributed by atoms with van der Waals surface area (Å²) in [6.07, 6.45) is -3.59. The van der Waals surface area contributed by atoms with Crippen molar-refractivity contribution in [1.29, 1.82) is 0 Å². The van der Waals surface area contributed by atoms with Crippen LogP contribution in [0.4, 0.5) is 0 Å². The number of nitrogens with zero attached hydrogens (tertiary/aromatic N) is 1. The van der Waals surface area contributed by atoms with Crippen molar-refractivity contribution in [3.63, 3.8) is 0 Å². The van der Waals surface area contributed by atoms with Crippen LogP contribution in [-0.4, -0.2) is 51.7 Å². The third-order valence-electron chi connectivity index (χ3n) is 4.48. The van der Waals surface area contributed by atoms with Crippen molar-refractivity contribution in [2.75, 3.05) is 6.61 Å². The number of aliphatic hydroxyl groups is 3. The summed E-state index contributed by atoms with van der Waals surface area (Å²) in [6.45, 7) is 6.33. The average Bonchev–Trinajstić information content (AvgIpc) is 2.94. The van der Waals surface area contributed by atoms with Gasteiger partial charge in [0.25, 0.3) is 5.79 Å². The van der Waals surface area contributed by atoms with E-state index in [1.807, 2.05) is 24.3 Å². The van der Waals surface area contributed by atoms with Crippen LogP contribution in [-0.2, 0) is 15.0 Å². The predicted molar refractivity (Wildman–Crippen MR) is 84.1 cm³/mol. The Labute approximate surface area is 135 Å². The average molecular weight is 321 g/mol. The molecule has 0 radical (unpaired) electrons. The highest BCUT2D eigenvalue weighted by molar-refractivity contribution is 6.01. The van der Waals surface area contributed by atoms with Gasteiger partial charge in [0.2, 0.25) is 0 Å². The fourth-order valence-corrected chi connectivity index (χ4v) is 2.86. The Morgan fingerprint density at radius 1 is 1.13 bits per heavy atom. The van der Waals surface area contributed by atoms with E-state index in [1.165, 1.54) is 5.56 Å². The van der Waals surface area contributed by atoms with E-state index in [1.54, 1.807) is 0 Å². The molecule has 1 fully saturated rings. The first kappa shape index (κ1) is 16.4. The maximum atomic E-state index is 10.2. The lowest BCUT2D eigenvalue weighted by Crippen LogP contribution is -2.60. The molecule has 1 saturated heterocycles. The largest absolute Gasteiger partial charge is 0.388 e. The fourth-order valence-electron chi connectivity index (χ4n) is 2.86. The van der Waals surface area contributed by atoms with Crippen LogP contribution in [0.1, 0.15) is 38.3 Å². The summed E-state index contributed by atoms with van der Waals surface area (Å²) in [6, 6.07) is 8.00. The molecule has 6 nitrogen and oxygen atoms in total. The van der Waals surface area contributed by atoms with Gasteiger partial charge in [-0.25, -0.2) is 0 Å². The first-order valence-corrected chi connectivity index (χ1v) is 7.77. The zero-order valence-electron chi connectivity index (χ0n) is 13.6. The molecule has 2 heterocycles. The Bertz CT molecular complexity index is 606. The second kappa shape index (κ2) is 5.56. The molecule has 2 aliphatic heterocycles. The van der Waals surface area contributed by atoms with Gasteiger partial charge in [-0.3, -0.25) is 0 Å². The summed E-state index contributed by atoms with van der Waals surface area (Å²) >= 11 is 0. The molecular formula is C17H23NO5. The van der Waals surface area contributed by atoms with E-state index in [0.717, 1.165) is 5.56 Å². The summed E-state index contributed by atoms with van der Waals surface area (Å²) < 4.78 is 5.45. The second-order valence-corrected chi connectivity index (χ2v) is 7.26. The number of benzene rings is 1. The number of rotatable bonds is 1. The molecule has 0 saturated carbocycles. The number of hydrogen-bond donors (Lipinski definition) is 3. The standard InChI is InChI=1S/C17H23NO5/c1-16(2,3)11-6-4-10(5-7-11)12-8-17(23-18-12)15(21)14(20)13(19)9-22-17/h4-7,13-15,19-21H,8-9H2,1-3H3/t13-,14+,15-,17-/m1/s1. The third-order valence-corrected chi connectivity index (χ3v) is 4.48. The minimum atomic E-state index is -1.42. The molecule has 0 aromatic heterocycles. The summed E-state index contributed by atoms with van der Waals surface area (Å²) in [5.41, 5.74) is 2.80. The predicted octanol–water partition coefficient (Wildman–Crippen LogP) is 0.918. The van der Waals surface area contributed by atoms with Crippen molar-refractivity contribution in [3.05, 3.63) is 35.4 Å². The molecule has 0 aliphatic carbocycles. The molecule has 0 unspecified atom stereocenters. The van der Waals surface area contributed by atoms with E-state index in [2.05, 4.69) is 25.9 Å². The summed E-state index contributed by atoms with van der Waals surface area (Å²) in [5, 5.41) is 33.6. The van der Waals surface area contributed by atoms with Gasteiger partial charge in [0.15, 0.2) is 6.10 Å². The Morgan fingerprint density at radius 2 is 1.78 bits per heavy atom. The van der Waals surface area contributed by atoms with Gasteiger partial charge in [-0.05, 0) is 16.5 Å². The lowest BCUT2D eigenvalue weighted by atomic mass is 9.86. The Morgan fingerprint density at radius 3 is 2.39 bits per heavy atom. The molecule has 1 spiro atoms. The number of hydrogen-bond acceptors (Lipinski definition) is 6. The number of aliphatic hydroxyl groups excluding tert-OH is 3. The van der Waals surface area contributed by atoms with Gasteiger partial charge < -0.3 is 24.9 Å². The zero-order chi connectivity index (χ0) is 16.8. The van der Waals surface area contributed by atoms with Crippen LogP contribution in [0, 0.1) is 0 Å². The SMILES string of the molecule is CC(C)(C)c1ccc(C2=NO[C@@]3(C2)OC[C@@H](O)[C@H](O)[C@H]3O)cc1. The van der Waals surface area contributed by atoms with Gasteiger partial charge in [-0.1, -0.05) is 50.2 Å². The van der Waals surface area contributed by atoms with Crippen molar-refractivity contribution in [1.82, 2.24) is 0 Å². The van der Waals surface area contributed by atoms with Crippen LogP contribution in [0.5, 0.6) is 0 Å². The van der Waals surface area contributed by atoms with Gasteiger partial charge in [0, 0.05) is 0 Å². The van der Waals surface area contributed by atoms with Crippen LogP contribution >= 0.6 is 0 Å². The summed E-state index contributed by atoms with van der Waals surface area (Å²) in [5.74, 6) is -1.42. The lowest BCUT2D eigenvalue weighted by Gasteiger charge is -2.40. The molecule has 3 N–H and O–H groups in total. The second-order valence-electron chi connectivity index (χ2n) is 7.26. The van der Waals surface area contributed by atoms with Crippen molar-refractivity contribution in [2.24, 2.45) is 5.16 Å². The molecule has 6 heteroatoms. The van der Waals surface area contributed by atoms with Crippen molar-refractivity contribution >= 4 is 5.71 Å². The molecule has 126 valence electrons. The molecule has 1 aromatic rings.